The van der Waals surface area contributed by atoms with Gasteiger partial charge in [-0.3, -0.25) is 0 Å². The fourth-order valence-corrected chi connectivity index (χ4v) is 3.77. The maximum atomic E-state index is 5.52. The van der Waals surface area contributed by atoms with Crippen LogP contribution in [-0.4, -0.2) is 20.3 Å². The molecule has 1 N–H and O–H groups in total. The van der Waals surface area contributed by atoms with Crippen molar-refractivity contribution >= 4 is 0 Å². The Hall–Kier alpha value is -1.22. The third-order valence-corrected chi connectivity index (χ3v) is 4.93. The Balaban J connectivity index is 1.82. The van der Waals surface area contributed by atoms with Gasteiger partial charge in [0.1, 0.15) is 11.5 Å². The lowest BCUT2D eigenvalue weighted by Gasteiger charge is -2.35. The highest BCUT2D eigenvalue weighted by atomic mass is 16.5. The number of ether oxygens (including phenoxy) is 2. The van der Waals surface area contributed by atoms with Gasteiger partial charge in [-0.25, -0.2) is 0 Å². The molecule has 1 atom stereocenters. The van der Waals surface area contributed by atoms with Crippen LogP contribution >= 0.6 is 0 Å². The predicted molar refractivity (Wildman–Crippen MR) is 80.5 cm³/mol. The molecule has 20 heavy (non-hydrogen) atoms. The average molecular weight is 275 g/mol. The van der Waals surface area contributed by atoms with Gasteiger partial charge in [0.15, 0.2) is 0 Å². The summed E-state index contributed by atoms with van der Waals surface area (Å²) < 4.78 is 10.9. The standard InChI is InChI=1S/C17H25NO2/c1-19-14-8-13-9-16(12-6-4-3-5-7-12)18-11-15(13)17(10-14)20-2/h8,10,12,16,18H,3-7,9,11H2,1-2H3. The Morgan fingerprint density at radius 3 is 2.55 bits per heavy atom. The number of fused-ring (bicyclic) bond motifs is 1. The van der Waals surface area contributed by atoms with Crippen LogP contribution in [0.3, 0.4) is 0 Å². The molecule has 3 heteroatoms. The van der Waals surface area contributed by atoms with E-state index in [1.54, 1.807) is 14.2 Å². The number of benzene rings is 1. The van der Waals surface area contributed by atoms with Gasteiger partial charge in [0, 0.05) is 24.2 Å². The molecule has 0 saturated heterocycles. The van der Waals surface area contributed by atoms with Crippen molar-refractivity contribution in [2.24, 2.45) is 5.92 Å². The number of methoxy groups -OCH3 is 2. The summed E-state index contributed by atoms with van der Waals surface area (Å²) in [5, 5.41) is 3.74. The van der Waals surface area contributed by atoms with E-state index in [0.717, 1.165) is 30.4 Å². The Kier molecular flexibility index (Phi) is 4.16. The summed E-state index contributed by atoms with van der Waals surface area (Å²) in [7, 11) is 3.46. The number of nitrogens with one attached hydrogen (secondary N) is 1. The molecule has 1 aliphatic carbocycles. The first kappa shape index (κ1) is 13.7. The minimum absolute atomic E-state index is 0.625. The van der Waals surface area contributed by atoms with Gasteiger partial charge in [0.2, 0.25) is 0 Å². The SMILES string of the molecule is COc1cc2c(c(OC)c1)CNC(C1CCCCC1)C2. The first-order valence-electron chi connectivity index (χ1n) is 7.79. The Morgan fingerprint density at radius 2 is 1.85 bits per heavy atom. The molecule has 1 saturated carbocycles. The molecule has 0 aromatic heterocycles. The van der Waals surface area contributed by atoms with Gasteiger partial charge in [-0.1, -0.05) is 19.3 Å². The first-order chi connectivity index (χ1) is 9.81. The van der Waals surface area contributed by atoms with Crippen molar-refractivity contribution in [3.8, 4) is 11.5 Å². The lowest BCUT2D eigenvalue weighted by atomic mass is 9.79. The monoisotopic (exact) mass is 275 g/mol. The highest BCUT2D eigenvalue weighted by Gasteiger charge is 2.28. The van der Waals surface area contributed by atoms with Crippen LogP contribution < -0.4 is 14.8 Å². The molecule has 2 aliphatic rings. The molecule has 1 unspecified atom stereocenters. The third kappa shape index (κ3) is 2.64. The molecular formula is C17H25NO2. The van der Waals surface area contributed by atoms with Crippen molar-refractivity contribution in [3.63, 3.8) is 0 Å². The largest absolute Gasteiger partial charge is 0.497 e. The molecule has 0 radical (unpaired) electrons. The molecule has 1 aliphatic heterocycles. The van der Waals surface area contributed by atoms with E-state index in [-0.39, 0.29) is 0 Å². The Bertz CT molecular complexity index is 466. The van der Waals surface area contributed by atoms with Crippen LogP contribution in [-0.2, 0) is 13.0 Å². The molecular weight excluding hydrogens is 250 g/mol. The molecule has 0 amide bonds. The van der Waals surface area contributed by atoms with Crippen LogP contribution in [0.1, 0.15) is 43.2 Å². The van der Waals surface area contributed by atoms with E-state index in [1.807, 2.05) is 6.07 Å². The predicted octanol–water partition coefficient (Wildman–Crippen LogP) is 3.30. The van der Waals surface area contributed by atoms with Crippen molar-refractivity contribution in [1.82, 2.24) is 5.32 Å². The van der Waals surface area contributed by atoms with E-state index in [9.17, 15) is 0 Å². The van der Waals surface area contributed by atoms with Gasteiger partial charge in [0.25, 0.3) is 0 Å². The fourth-order valence-electron chi connectivity index (χ4n) is 3.77. The fraction of sp³-hybridized carbons (Fsp3) is 0.647. The van der Waals surface area contributed by atoms with Gasteiger partial charge >= 0.3 is 0 Å². The Labute approximate surface area is 121 Å². The molecule has 0 spiro atoms. The van der Waals surface area contributed by atoms with E-state index < -0.39 is 0 Å². The van der Waals surface area contributed by atoms with Crippen LogP contribution in [0, 0.1) is 5.92 Å². The molecule has 3 rings (SSSR count). The molecule has 110 valence electrons. The summed E-state index contributed by atoms with van der Waals surface area (Å²) in [5.74, 6) is 2.70. The summed E-state index contributed by atoms with van der Waals surface area (Å²) in [5.41, 5.74) is 2.70. The molecule has 3 nitrogen and oxygen atoms in total. The summed E-state index contributed by atoms with van der Waals surface area (Å²) in [6.07, 6.45) is 8.09. The van der Waals surface area contributed by atoms with E-state index in [0.29, 0.717) is 6.04 Å². The smallest absolute Gasteiger partial charge is 0.127 e. The summed E-state index contributed by atoms with van der Waals surface area (Å²) >= 11 is 0. The second-order valence-corrected chi connectivity index (χ2v) is 6.06. The number of hydrogen-bond donors (Lipinski definition) is 1. The molecule has 1 heterocycles. The quantitative estimate of drug-likeness (QED) is 0.918. The lowest BCUT2D eigenvalue weighted by molar-refractivity contribution is 0.255. The first-order valence-corrected chi connectivity index (χ1v) is 7.79. The second kappa shape index (κ2) is 6.04. The summed E-state index contributed by atoms with van der Waals surface area (Å²) in [6, 6.07) is 4.80. The van der Waals surface area contributed by atoms with Crippen molar-refractivity contribution < 1.29 is 9.47 Å². The van der Waals surface area contributed by atoms with Crippen LogP contribution in [0.4, 0.5) is 0 Å². The van der Waals surface area contributed by atoms with Gasteiger partial charge in [-0.05, 0) is 36.8 Å². The number of hydrogen-bond acceptors (Lipinski definition) is 3. The Morgan fingerprint density at radius 1 is 1.05 bits per heavy atom. The zero-order valence-corrected chi connectivity index (χ0v) is 12.6. The second-order valence-electron chi connectivity index (χ2n) is 6.06. The average Bonchev–Trinajstić information content (AvgIpc) is 2.54. The maximum absolute atomic E-state index is 5.52. The van der Waals surface area contributed by atoms with Crippen molar-refractivity contribution in [2.45, 2.75) is 51.1 Å². The molecule has 1 aromatic rings. The van der Waals surface area contributed by atoms with Gasteiger partial charge in [0.05, 0.1) is 14.2 Å². The molecule has 0 bridgehead atoms. The van der Waals surface area contributed by atoms with Crippen LogP contribution in [0.5, 0.6) is 11.5 Å². The molecule has 1 fully saturated rings. The summed E-state index contributed by atoms with van der Waals surface area (Å²) in [4.78, 5) is 0. The van der Waals surface area contributed by atoms with Crippen LogP contribution in [0.25, 0.3) is 0 Å². The minimum Gasteiger partial charge on any atom is -0.497 e. The third-order valence-electron chi connectivity index (χ3n) is 4.93. The minimum atomic E-state index is 0.625. The van der Waals surface area contributed by atoms with Gasteiger partial charge in [-0.2, -0.15) is 0 Å². The highest BCUT2D eigenvalue weighted by molar-refractivity contribution is 5.48. The topological polar surface area (TPSA) is 30.5 Å². The van der Waals surface area contributed by atoms with Crippen LogP contribution in [0.2, 0.25) is 0 Å². The molecule has 1 aromatic carbocycles. The summed E-state index contributed by atoms with van der Waals surface area (Å²) in [6.45, 7) is 0.920. The van der Waals surface area contributed by atoms with Gasteiger partial charge in [-0.15, -0.1) is 0 Å². The van der Waals surface area contributed by atoms with Crippen LogP contribution in [0.15, 0.2) is 12.1 Å². The van der Waals surface area contributed by atoms with E-state index in [4.69, 9.17) is 9.47 Å². The zero-order valence-electron chi connectivity index (χ0n) is 12.6. The van der Waals surface area contributed by atoms with E-state index >= 15 is 0 Å². The van der Waals surface area contributed by atoms with Crippen molar-refractivity contribution in [2.75, 3.05) is 14.2 Å². The normalized spacial score (nSPS) is 23.2. The van der Waals surface area contributed by atoms with Crippen molar-refractivity contribution in [3.05, 3.63) is 23.3 Å². The lowest BCUT2D eigenvalue weighted by Crippen LogP contribution is -2.42. The highest BCUT2D eigenvalue weighted by Crippen LogP contribution is 2.35. The maximum Gasteiger partial charge on any atom is 0.127 e. The van der Waals surface area contributed by atoms with Crippen molar-refractivity contribution in [1.29, 1.82) is 0 Å². The van der Waals surface area contributed by atoms with E-state index in [1.165, 1.54) is 43.2 Å². The zero-order chi connectivity index (χ0) is 13.9. The van der Waals surface area contributed by atoms with E-state index in [2.05, 4.69) is 11.4 Å². The van der Waals surface area contributed by atoms with Gasteiger partial charge < -0.3 is 14.8 Å². The number of rotatable bonds is 3.